The monoisotopic (exact) mass is 409 g/mol. The van der Waals surface area contributed by atoms with Gasteiger partial charge in [0.05, 0.1) is 6.04 Å². The van der Waals surface area contributed by atoms with Crippen LogP contribution in [-0.4, -0.2) is 34.5 Å². The lowest BCUT2D eigenvalue weighted by Gasteiger charge is -2.15. The van der Waals surface area contributed by atoms with Gasteiger partial charge in [-0.15, -0.1) is 0 Å². The summed E-state index contributed by atoms with van der Waals surface area (Å²) in [5.74, 6) is -0.474. The third-order valence-corrected chi connectivity index (χ3v) is 3.90. The molecule has 0 spiro atoms. The predicted molar refractivity (Wildman–Crippen MR) is 102 cm³/mol. The summed E-state index contributed by atoms with van der Waals surface area (Å²) in [7, 11) is 0. The van der Waals surface area contributed by atoms with E-state index in [-0.39, 0.29) is 29.4 Å². The Morgan fingerprint density at radius 3 is 2.38 bits per heavy atom. The Kier molecular flexibility index (Phi) is 7.13. The van der Waals surface area contributed by atoms with Crippen molar-refractivity contribution in [3.63, 3.8) is 0 Å². The molecule has 0 saturated heterocycles. The summed E-state index contributed by atoms with van der Waals surface area (Å²) in [6, 6.07) is 5.53. The first-order valence-electron chi connectivity index (χ1n) is 8.89. The van der Waals surface area contributed by atoms with Crippen LogP contribution in [0.1, 0.15) is 42.7 Å². The minimum Gasteiger partial charge on any atom is -0.361 e. The molecule has 3 N–H and O–H groups in total. The van der Waals surface area contributed by atoms with Gasteiger partial charge in [-0.2, -0.15) is 13.2 Å². The fourth-order valence-electron chi connectivity index (χ4n) is 2.23. The Balaban J connectivity index is 1.99. The number of aromatic nitrogens is 2. The fraction of sp³-hybridized carbons (Fsp3) is 0.368. The van der Waals surface area contributed by atoms with Crippen LogP contribution in [-0.2, 0) is 4.79 Å². The van der Waals surface area contributed by atoms with E-state index in [1.807, 2.05) is 0 Å². The van der Waals surface area contributed by atoms with E-state index in [9.17, 15) is 22.8 Å². The largest absolute Gasteiger partial charge is 0.405 e. The summed E-state index contributed by atoms with van der Waals surface area (Å²) < 4.78 is 36.7. The average Bonchev–Trinajstić information content (AvgIpc) is 2.66. The van der Waals surface area contributed by atoms with Crippen molar-refractivity contribution < 1.29 is 22.8 Å². The smallest absolute Gasteiger partial charge is 0.361 e. The Bertz CT molecular complexity index is 854. The lowest BCUT2D eigenvalue weighted by Crippen LogP contribution is -2.27. The van der Waals surface area contributed by atoms with Crippen LogP contribution >= 0.6 is 0 Å². The van der Waals surface area contributed by atoms with Crippen molar-refractivity contribution in [1.82, 2.24) is 15.3 Å². The normalized spacial score (nSPS) is 12.4. The second-order valence-electron chi connectivity index (χ2n) is 6.71. The summed E-state index contributed by atoms with van der Waals surface area (Å²) in [6.45, 7) is 4.03. The SMILES string of the molecule is CC(C)C(=O)Nc1cc(C(=O)NC(C)c2ccc(NCC(F)(F)F)nc2)ccn1. The van der Waals surface area contributed by atoms with Crippen LogP contribution in [0.15, 0.2) is 36.7 Å². The molecule has 2 heterocycles. The maximum absolute atomic E-state index is 12.5. The molecule has 0 radical (unpaired) electrons. The Labute approximate surface area is 166 Å². The number of rotatable bonds is 7. The molecule has 0 aliphatic rings. The van der Waals surface area contributed by atoms with Crippen LogP contribution in [0, 0.1) is 5.92 Å². The van der Waals surface area contributed by atoms with E-state index in [2.05, 4.69) is 25.9 Å². The van der Waals surface area contributed by atoms with E-state index >= 15 is 0 Å². The van der Waals surface area contributed by atoms with E-state index in [0.717, 1.165) is 0 Å². The molecule has 2 amide bonds. The van der Waals surface area contributed by atoms with Crippen molar-refractivity contribution in [3.8, 4) is 0 Å². The number of nitrogens with one attached hydrogen (secondary N) is 3. The molecule has 2 rings (SSSR count). The molecule has 156 valence electrons. The van der Waals surface area contributed by atoms with Crippen LogP contribution in [0.5, 0.6) is 0 Å². The Hall–Kier alpha value is -3.17. The molecule has 2 aromatic rings. The topological polar surface area (TPSA) is 96.0 Å². The number of halogens is 3. The van der Waals surface area contributed by atoms with Crippen LogP contribution < -0.4 is 16.0 Å². The molecular weight excluding hydrogens is 387 g/mol. The maximum atomic E-state index is 12.5. The van der Waals surface area contributed by atoms with Gasteiger partial charge in [-0.05, 0) is 30.7 Å². The first kappa shape index (κ1) is 22.1. The number of carbonyl (C=O) groups excluding carboxylic acids is 2. The van der Waals surface area contributed by atoms with Gasteiger partial charge in [0.25, 0.3) is 5.91 Å². The van der Waals surface area contributed by atoms with Crippen molar-refractivity contribution in [2.45, 2.75) is 33.0 Å². The molecule has 10 heteroatoms. The van der Waals surface area contributed by atoms with E-state index in [1.165, 1.54) is 30.6 Å². The molecule has 0 aromatic carbocycles. The standard InChI is InChI=1S/C19H22F3N5O2/c1-11(2)17(28)27-16-8-13(6-7-23-16)18(29)26-12(3)14-4-5-15(24-9-14)25-10-19(20,21)22/h4-9,11-12H,10H2,1-3H3,(H,24,25)(H,26,29)(H,23,27,28). The van der Waals surface area contributed by atoms with Gasteiger partial charge in [0.2, 0.25) is 5.91 Å². The number of hydrogen-bond acceptors (Lipinski definition) is 5. The molecule has 0 fully saturated rings. The fourth-order valence-corrected chi connectivity index (χ4v) is 2.23. The van der Waals surface area contributed by atoms with E-state index in [0.29, 0.717) is 11.1 Å². The van der Waals surface area contributed by atoms with E-state index in [4.69, 9.17) is 0 Å². The maximum Gasteiger partial charge on any atom is 0.405 e. The highest BCUT2D eigenvalue weighted by molar-refractivity contribution is 5.97. The molecule has 2 aromatic heterocycles. The molecular formula is C19H22F3N5O2. The van der Waals surface area contributed by atoms with Crippen LogP contribution in [0.2, 0.25) is 0 Å². The van der Waals surface area contributed by atoms with Gasteiger partial charge < -0.3 is 16.0 Å². The van der Waals surface area contributed by atoms with Gasteiger partial charge >= 0.3 is 6.18 Å². The lowest BCUT2D eigenvalue weighted by molar-refractivity contribution is -0.119. The van der Waals surface area contributed by atoms with Gasteiger partial charge in [-0.3, -0.25) is 9.59 Å². The lowest BCUT2D eigenvalue weighted by atomic mass is 10.1. The van der Waals surface area contributed by atoms with Crippen molar-refractivity contribution in [2.24, 2.45) is 5.92 Å². The van der Waals surface area contributed by atoms with Gasteiger partial charge in [0, 0.05) is 23.9 Å². The van der Waals surface area contributed by atoms with Crippen LogP contribution in [0.4, 0.5) is 24.8 Å². The quantitative estimate of drug-likeness (QED) is 0.650. The first-order valence-corrected chi connectivity index (χ1v) is 8.89. The minimum absolute atomic E-state index is 0.0873. The third kappa shape index (κ3) is 7.05. The second kappa shape index (κ2) is 9.35. The Morgan fingerprint density at radius 1 is 1.07 bits per heavy atom. The highest BCUT2D eigenvalue weighted by atomic mass is 19.4. The van der Waals surface area contributed by atoms with Gasteiger partial charge in [0.1, 0.15) is 18.2 Å². The Morgan fingerprint density at radius 2 is 1.79 bits per heavy atom. The van der Waals surface area contributed by atoms with Crippen molar-refractivity contribution in [2.75, 3.05) is 17.2 Å². The van der Waals surface area contributed by atoms with Crippen LogP contribution in [0.3, 0.4) is 0 Å². The highest BCUT2D eigenvalue weighted by Crippen LogP contribution is 2.18. The summed E-state index contributed by atoms with van der Waals surface area (Å²) in [6.07, 6.45) is -1.53. The molecule has 0 bridgehead atoms. The summed E-state index contributed by atoms with van der Waals surface area (Å²) >= 11 is 0. The first-order chi connectivity index (χ1) is 13.5. The summed E-state index contributed by atoms with van der Waals surface area (Å²) in [5.41, 5.74) is 0.931. The second-order valence-corrected chi connectivity index (χ2v) is 6.71. The average molecular weight is 409 g/mol. The van der Waals surface area contributed by atoms with Crippen molar-refractivity contribution in [1.29, 1.82) is 0 Å². The third-order valence-electron chi connectivity index (χ3n) is 3.90. The van der Waals surface area contributed by atoms with Crippen LogP contribution in [0.25, 0.3) is 0 Å². The van der Waals surface area contributed by atoms with Crippen molar-refractivity contribution in [3.05, 3.63) is 47.8 Å². The zero-order chi connectivity index (χ0) is 21.6. The van der Waals surface area contributed by atoms with Gasteiger partial charge in [-0.1, -0.05) is 19.9 Å². The number of carbonyl (C=O) groups is 2. The number of alkyl halides is 3. The number of hydrogen-bond donors (Lipinski definition) is 3. The van der Waals surface area contributed by atoms with E-state index in [1.54, 1.807) is 26.8 Å². The van der Waals surface area contributed by atoms with Crippen molar-refractivity contribution >= 4 is 23.5 Å². The van der Waals surface area contributed by atoms with Gasteiger partial charge in [-0.25, -0.2) is 9.97 Å². The predicted octanol–water partition coefficient (Wildman–Crippen LogP) is 3.54. The molecule has 1 atom stereocenters. The number of amides is 2. The molecule has 0 aliphatic heterocycles. The molecule has 0 aliphatic carbocycles. The minimum atomic E-state index is -4.33. The number of pyridine rings is 2. The molecule has 1 unspecified atom stereocenters. The zero-order valence-corrected chi connectivity index (χ0v) is 16.2. The summed E-state index contributed by atoms with van der Waals surface area (Å²) in [4.78, 5) is 32.2. The summed E-state index contributed by atoms with van der Waals surface area (Å²) in [5, 5.41) is 7.58. The molecule has 29 heavy (non-hydrogen) atoms. The number of anilines is 2. The zero-order valence-electron chi connectivity index (χ0n) is 16.2. The number of nitrogens with zero attached hydrogens (tertiary/aromatic N) is 2. The highest BCUT2D eigenvalue weighted by Gasteiger charge is 2.26. The molecule has 7 nitrogen and oxygen atoms in total. The van der Waals surface area contributed by atoms with Gasteiger partial charge in [0.15, 0.2) is 0 Å². The van der Waals surface area contributed by atoms with E-state index < -0.39 is 18.8 Å². The molecule has 0 saturated carbocycles.